The van der Waals surface area contributed by atoms with Gasteiger partial charge in [-0.1, -0.05) is 0 Å². The lowest BCUT2D eigenvalue weighted by Gasteiger charge is -2.31. The van der Waals surface area contributed by atoms with Crippen LogP contribution in [0.3, 0.4) is 0 Å². The third kappa shape index (κ3) is 5.49. The van der Waals surface area contributed by atoms with Crippen LogP contribution in [0.2, 0.25) is 0 Å². The Morgan fingerprint density at radius 2 is 1.87 bits per heavy atom. The van der Waals surface area contributed by atoms with Gasteiger partial charge in [-0.15, -0.1) is 0 Å². The summed E-state index contributed by atoms with van der Waals surface area (Å²) in [5, 5.41) is 12.7. The molecule has 38 heavy (non-hydrogen) atoms. The summed E-state index contributed by atoms with van der Waals surface area (Å²) in [4.78, 5) is 10.2. The Morgan fingerprint density at radius 1 is 1.16 bits per heavy atom. The van der Waals surface area contributed by atoms with Gasteiger partial charge in [-0.25, -0.2) is 18.4 Å². The number of sulfonamides is 1. The molecule has 0 atom stereocenters. The number of alkyl halides is 3. The molecule has 2 aromatic heterocycles. The molecule has 3 aromatic rings. The average molecular weight is 552 g/mol. The lowest BCUT2D eigenvalue weighted by molar-refractivity contribution is -0.137. The molecular formula is C25H28F3N5O4S. The Bertz CT molecular complexity index is 1400. The maximum absolute atomic E-state index is 13.8. The number of piperidine rings is 1. The summed E-state index contributed by atoms with van der Waals surface area (Å²) in [6, 6.07) is 8.85. The minimum atomic E-state index is -4.72. The van der Waals surface area contributed by atoms with E-state index in [0.717, 1.165) is 18.8 Å². The van der Waals surface area contributed by atoms with Gasteiger partial charge in [0.2, 0.25) is 16.0 Å². The van der Waals surface area contributed by atoms with Crippen LogP contribution in [0, 0.1) is 0 Å². The van der Waals surface area contributed by atoms with Crippen molar-refractivity contribution in [2.75, 3.05) is 35.6 Å². The molecule has 0 radical (unpaired) electrons. The largest absolute Gasteiger partial charge is 0.458 e. The normalized spacial score (nSPS) is 17.4. The summed E-state index contributed by atoms with van der Waals surface area (Å²) >= 11 is 0. The predicted octanol–water partition coefficient (Wildman–Crippen LogP) is 4.17. The SMILES string of the molecule is CCS(=O)(=O)N1CCc2cc(-c3nc(Nc4ccc(N5CCC(O)CC5)cc4)ncc3C(F)(F)F)oc2C1. The van der Waals surface area contributed by atoms with Gasteiger partial charge in [-0.3, -0.25) is 0 Å². The van der Waals surface area contributed by atoms with E-state index in [2.05, 4.69) is 20.2 Å². The minimum Gasteiger partial charge on any atom is -0.458 e. The molecule has 5 rings (SSSR count). The summed E-state index contributed by atoms with van der Waals surface area (Å²) in [6.45, 7) is 3.23. The number of hydrogen-bond donors (Lipinski definition) is 2. The lowest BCUT2D eigenvalue weighted by Crippen LogP contribution is -2.36. The van der Waals surface area contributed by atoms with Gasteiger partial charge < -0.3 is 19.7 Å². The molecule has 2 aliphatic heterocycles. The van der Waals surface area contributed by atoms with Crippen LogP contribution in [0.5, 0.6) is 0 Å². The van der Waals surface area contributed by atoms with E-state index >= 15 is 0 Å². The van der Waals surface area contributed by atoms with E-state index in [1.165, 1.54) is 17.3 Å². The third-order valence-corrected chi connectivity index (χ3v) is 8.71. The lowest BCUT2D eigenvalue weighted by atomic mass is 10.1. The Hall–Kier alpha value is -3.16. The van der Waals surface area contributed by atoms with Gasteiger partial charge in [0.1, 0.15) is 17.0 Å². The highest BCUT2D eigenvalue weighted by Gasteiger charge is 2.37. The number of aliphatic hydroxyl groups is 1. The standard InChI is InChI=1S/C25H28F3N5O4S/c1-2-38(35,36)33-12-7-16-13-21(37-22(16)15-33)23-20(25(26,27)28)14-29-24(31-23)30-17-3-5-18(6-4-17)32-10-8-19(34)9-11-32/h3-6,13-14,19,34H,2,7-12,15H2,1H3,(H,29,30,31). The van der Waals surface area contributed by atoms with Crippen molar-refractivity contribution in [2.24, 2.45) is 0 Å². The van der Waals surface area contributed by atoms with E-state index in [-0.39, 0.29) is 36.7 Å². The first-order chi connectivity index (χ1) is 18.0. The minimum absolute atomic E-state index is 0.0357. The zero-order chi connectivity index (χ0) is 27.1. The van der Waals surface area contributed by atoms with Gasteiger partial charge in [-0.2, -0.15) is 17.5 Å². The fourth-order valence-electron chi connectivity index (χ4n) is 4.68. The van der Waals surface area contributed by atoms with Gasteiger partial charge in [0.05, 0.1) is 18.4 Å². The van der Waals surface area contributed by atoms with E-state index in [0.29, 0.717) is 42.5 Å². The molecular weight excluding hydrogens is 523 g/mol. The van der Waals surface area contributed by atoms with E-state index in [1.54, 1.807) is 12.1 Å². The number of nitrogens with zero attached hydrogens (tertiary/aromatic N) is 4. The summed E-state index contributed by atoms with van der Waals surface area (Å²) in [6.07, 6.45) is -2.55. The van der Waals surface area contributed by atoms with Gasteiger partial charge in [0.15, 0.2) is 5.76 Å². The molecule has 0 saturated carbocycles. The number of aromatic nitrogens is 2. The van der Waals surface area contributed by atoms with Crippen molar-refractivity contribution in [1.82, 2.24) is 14.3 Å². The van der Waals surface area contributed by atoms with Crippen LogP contribution in [-0.2, 0) is 29.2 Å². The Labute approximate surface area is 218 Å². The van der Waals surface area contributed by atoms with Crippen molar-refractivity contribution in [3.05, 3.63) is 53.4 Å². The zero-order valence-corrected chi connectivity index (χ0v) is 21.5. The van der Waals surface area contributed by atoms with Crippen LogP contribution < -0.4 is 10.2 Å². The fraction of sp³-hybridized carbons (Fsp3) is 0.440. The molecule has 13 heteroatoms. The number of fused-ring (bicyclic) bond motifs is 1. The van der Waals surface area contributed by atoms with Crippen LogP contribution in [0.15, 0.2) is 40.9 Å². The monoisotopic (exact) mass is 551 g/mol. The van der Waals surface area contributed by atoms with Crippen molar-refractivity contribution in [3.63, 3.8) is 0 Å². The Morgan fingerprint density at radius 3 is 2.53 bits per heavy atom. The highest BCUT2D eigenvalue weighted by atomic mass is 32.2. The number of benzene rings is 1. The van der Waals surface area contributed by atoms with Crippen LogP contribution in [0.4, 0.5) is 30.5 Å². The predicted molar refractivity (Wildman–Crippen MR) is 135 cm³/mol. The number of hydrogen-bond acceptors (Lipinski definition) is 8. The molecule has 1 aromatic carbocycles. The van der Waals surface area contributed by atoms with E-state index in [1.807, 2.05) is 12.1 Å². The molecule has 1 saturated heterocycles. The highest BCUT2D eigenvalue weighted by Crippen LogP contribution is 2.39. The molecule has 9 nitrogen and oxygen atoms in total. The van der Waals surface area contributed by atoms with Crippen LogP contribution in [0.1, 0.15) is 36.7 Å². The van der Waals surface area contributed by atoms with Gasteiger partial charge in [-0.05, 0) is 62.1 Å². The molecule has 2 aliphatic rings. The summed E-state index contributed by atoms with van der Waals surface area (Å²) in [5.74, 6) is 0.111. The van der Waals surface area contributed by atoms with Crippen molar-refractivity contribution >= 4 is 27.3 Å². The molecule has 0 amide bonds. The molecule has 4 heterocycles. The fourth-order valence-corrected chi connectivity index (χ4v) is 5.73. The molecule has 1 fully saturated rings. The first-order valence-electron chi connectivity index (χ1n) is 12.4. The molecule has 2 N–H and O–H groups in total. The molecule has 0 spiro atoms. The van der Waals surface area contributed by atoms with Crippen LogP contribution in [-0.4, -0.2) is 59.3 Å². The van der Waals surface area contributed by atoms with Crippen molar-refractivity contribution < 1.29 is 31.1 Å². The van der Waals surface area contributed by atoms with Crippen LogP contribution >= 0.6 is 0 Å². The number of nitrogens with one attached hydrogen (secondary N) is 1. The van der Waals surface area contributed by atoms with Gasteiger partial charge in [0.25, 0.3) is 0 Å². The smallest absolute Gasteiger partial charge is 0.420 e. The first-order valence-corrected chi connectivity index (χ1v) is 14.0. The number of furan rings is 1. The number of rotatable bonds is 6. The van der Waals surface area contributed by atoms with Crippen molar-refractivity contribution in [3.8, 4) is 11.5 Å². The number of anilines is 3. The summed E-state index contributed by atoms with van der Waals surface area (Å²) in [5.41, 5.74) is 0.768. The number of aliphatic hydroxyl groups excluding tert-OH is 1. The molecule has 0 bridgehead atoms. The van der Waals surface area contributed by atoms with E-state index < -0.39 is 27.5 Å². The second-order valence-corrected chi connectivity index (χ2v) is 11.6. The quantitative estimate of drug-likeness (QED) is 0.470. The summed E-state index contributed by atoms with van der Waals surface area (Å²) in [7, 11) is -3.46. The van der Waals surface area contributed by atoms with Gasteiger partial charge >= 0.3 is 6.18 Å². The molecule has 0 unspecified atom stereocenters. The molecule has 0 aliphatic carbocycles. The maximum atomic E-state index is 13.8. The second kappa shape index (κ2) is 10.2. The highest BCUT2D eigenvalue weighted by molar-refractivity contribution is 7.89. The topological polar surface area (TPSA) is 112 Å². The maximum Gasteiger partial charge on any atom is 0.420 e. The average Bonchev–Trinajstić information content (AvgIpc) is 3.33. The first kappa shape index (κ1) is 26.4. The van der Waals surface area contributed by atoms with Crippen molar-refractivity contribution in [2.45, 2.75) is 45.0 Å². The molecule has 204 valence electrons. The van der Waals surface area contributed by atoms with E-state index in [9.17, 15) is 26.7 Å². The summed E-state index contributed by atoms with van der Waals surface area (Å²) < 4.78 is 73.1. The Balaban J connectivity index is 1.40. The van der Waals surface area contributed by atoms with Crippen LogP contribution in [0.25, 0.3) is 11.5 Å². The Kier molecular flexibility index (Phi) is 7.09. The van der Waals surface area contributed by atoms with E-state index in [4.69, 9.17) is 4.42 Å². The van der Waals surface area contributed by atoms with Crippen molar-refractivity contribution in [1.29, 1.82) is 0 Å². The zero-order valence-electron chi connectivity index (χ0n) is 20.7. The van der Waals surface area contributed by atoms with Gasteiger partial charge in [0, 0.05) is 37.2 Å². The third-order valence-electron chi connectivity index (χ3n) is 6.89. The number of halogens is 3. The second-order valence-electron chi connectivity index (χ2n) is 9.39.